The van der Waals surface area contributed by atoms with Crippen molar-refractivity contribution >= 4 is 29.1 Å². The highest BCUT2D eigenvalue weighted by molar-refractivity contribution is 6.34. The van der Waals surface area contributed by atoms with Crippen LogP contribution >= 0.6 is 11.6 Å². The topological polar surface area (TPSA) is 112 Å². The van der Waals surface area contributed by atoms with Crippen LogP contribution in [0.4, 0.5) is 5.69 Å². The Balaban J connectivity index is 1.28. The molecular formula is C31H30ClN5O4. The molecule has 10 heteroatoms. The van der Waals surface area contributed by atoms with Gasteiger partial charge in [0.05, 0.1) is 35.2 Å². The van der Waals surface area contributed by atoms with Crippen LogP contribution in [-0.2, 0) is 17.6 Å². The number of morpholine rings is 1. The maximum absolute atomic E-state index is 12.9. The third kappa shape index (κ3) is 5.69. The van der Waals surface area contributed by atoms with Crippen LogP contribution in [0, 0.1) is 0 Å². The molecule has 2 aliphatic rings. The maximum atomic E-state index is 12.9. The van der Waals surface area contributed by atoms with E-state index in [1.165, 1.54) is 0 Å². The summed E-state index contributed by atoms with van der Waals surface area (Å²) in [5.41, 5.74) is 11.3. The second-order valence-corrected chi connectivity index (χ2v) is 10.5. The number of halogens is 1. The van der Waals surface area contributed by atoms with Crippen LogP contribution in [0.2, 0.25) is 5.02 Å². The minimum absolute atomic E-state index is 0.252. The Hall–Kier alpha value is -4.18. The SMILES string of the molecule is NC(=O)c1nn(-c2ccc(OCCN3CCOCC3)cc2)c2c1CCc1ccc(NC(=O)c3ccccc3Cl)cc1-2. The molecule has 4 aromatic rings. The Morgan fingerprint density at radius 1 is 1.02 bits per heavy atom. The second kappa shape index (κ2) is 11.7. The Morgan fingerprint density at radius 3 is 2.56 bits per heavy atom. The molecule has 0 atom stereocenters. The zero-order valence-electron chi connectivity index (χ0n) is 22.4. The van der Waals surface area contributed by atoms with Crippen LogP contribution < -0.4 is 15.8 Å². The van der Waals surface area contributed by atoms with Crippen LogP contribution in [0.25, 0.3) is 16.9 Å². The average Bonchev–Trinajstić information content (AvgIpc) is 3.39. The second-order valence-electron chi connectivity index (χ2n) is 10.1. The van der Waals surface area contributed by atoms with E-state index in [2.05, 4.69) is 15.3 Å². The lowest BCUT2D eigenvalue weighted by Gasteiger charge is -2.26. The molecule has 0 unspecified atom stereocenters. The van der Waals surface area contributed by atoms with Gasteiger partial charge in [-0.25, -0.2) is 4.68 Å². The van der Waals surface area contributed by atoms with Gasteiger partial charge < -0.3 is 20.5 Å². The molecule has 210 valence electrons. The number of aryl methyl sites for hydroxylation is 1. The summed E-state index contributed by atoms with van der Waals surface area (Å²) < 4.78 is 13.1. The number of hydrogen-bond acceptors (Lipinski definition) is 6. The molecule has 41 heavy (non-hydrogen) atoms. The largest absolute Gasteiger partial charge is 0.492 e. The summed E-state index contributed by atoms with van der Waals surface area (Å²) in [7, 11) is 0. The van der Waals surface area contributed by atoms with Gasteiger partial charge in [0.1, 0.15) is 12.4 Å². The fraction of sp³-hybridized carbons (Fsp3) is 0.258. The van der Waals surface area contributed by atoms with Crippen LogP contribution in [0.3, 0.4) is 0 Å². The van der Waals surface area contributed by atoms with Gasteiger partial charge in [0.25, 0.3) is 11.8 Å². The van der Waals surface area contributed by atoms with Gasteiger partial charge in [-0.05, 0) is 66.9 Å². The fourth-order valence-electron chi connectivity index (χ4n) is 5.35. The van der Waals surface area contributed by atoms with Crippen molar-refractivity contribution in [3.8, 4) is 22.7 Å². The van der Waals surface area contributed by atoms with Crippen LogP contribution in [0.15, 0.2) is 66.7 Å². The van der Waals surface area contributed by atoms with Gasteiger partial charge >= 0.3 is 0 Å². The molecule has 1 saturated heterocycles. The van der Waals surface area contributed by atoms with Crippen molar-refractivity contribution in [1.29, 1.82) is 0 Å². The third-order valence-electron chi connectivity index (χ3n) is 7.46. The number of nitrogens with one attached hydrogen (secondary N) is 1. The highest BCUT2D eigenvalue weighted by atomic mass is 35.5. The van der Waals surface area contributed by atoms with E-state index in [4.69, 9.17) is 26.8 Å². The monoisotopic (exact) mass is 571 g/mol. The van der Waals surface area contributed by atoms with E-state index in [0.717, 1.165) is 73.1 Å². The molecule has 1 aromatic heterocycles. The molecule has 6 rings (SSSR count). The molecule has 1 aliphatic carbocycles. The van der Waals surface area contributed by atoms with Gasteiger partial charge in [-0.1, -0.05) is 29.8 Å². The minimum atomic E-state index is -0.574. The quantitative estimate of drug-likeness (QED) is 0.325. The van der Waals surface area contributed by atoms with E-state index in [0.29, 0.717) is 29.3 Å². The van der Waals surface area contributed by atoms with Crippen molar-refractivity contribution in [2.24, 2.45) is 5.73 Å². The summed E-state index contributed by atoms with van der Waals surface area (Å²) in [4.78, 5) is 27.6. The number of primary amides is 1. The molecule has 3 aromatic carbocycles. The van der Waals surface area contributed by atoms with Crippen LogP contribution in [-0.4, -0.2) is 65.9 Å². The first-order valence-corrected chi connectivity index (χ1v) is 14.0. The first-order valence-electron chi connectivity index (χ1n) is 13.6. The minimum Gasteiger partial charge on any atom is -0.492 e. The van der Waals surface area contributed by atoms with Gasteiger partial charge in [-0.3, -0.25) is 14.5 Å². The fourth-order valence-corrected chi connectivity index (χ4v) is 5.57. The number of carbonyl (C=O) groups is 2. The Bertz CT molecular complexity index is 1590. The van der Waals surface area contributed by atoms with Gasteiger partial charge in [0.15, 0.2) is 5.69 Å². The molecule has 0 bridgehead atoms. The summed E-state index contributed by atoms with van der Waals surface area (Å²) in [6.45, 7) is 4.77. The number of ether oxygens (including phenoxy) is 2. The number of rotatable bonds is 8. The first-order chi connectivity index (χ1) is 20.0. The summed E-state index contributed by atoms with van der Waals surface area (Å²) in [6, 6.07) is 20.3. The summed E-state index contributed by atoms with van der Waals surface area (Å²) in [5, 5.41) is 7.97. The Morgan fingerprint density at radius 2 is 1.80 bits per heavy atom. The van der Waals surface area contributed by atoms with Crippen LogP contribution in [0.5, 0.6) is 5.75 Å². The van der Waals surface area contributed by atoms with Gasteiger partial charge in [0.2, 0.25) is 0 Å². The molecule has 9 nitrogen and oxygen atoms in total. The molecule has 1 fully saturated rings. The lowest BCUT2D eigenvalue weighted by molar-refractivity contribution is 0.0322. The summed E-state index contributed by atoms with van der Waals surface area (Å²) >= 11 is 6.23. The highest BCUT2D eigenvalue weighted by Crippen LogP contribution is 2.38. The lowest BCUT2D eigenvalue weighted by atomic mass is 9.88. The van der Waals surface area contributed by atoms with Gasteiger partial charge in [0, 0.05) is 36.4 Å². The predicted molar refractivity (Wildman–Crippen MR) is 157 cm³/mol. The number of nitrogens with two attached hydrogens (primary N) is 1. The smallest absolute Gasteiger partial charge is 0.269 e. The van der Waals surface area contributed by atoms with E-state index >= 15 is 0 Å². The molecule has 2 amide bonds. The zero-order valence-corrected chi connectivity index (χ0v) is 23.2. The standard InChI is InChI=1S/C31H30ClN5O4/c32-27-4-2-1-3-24(27)31(39)34-21-7-5-20-6-12-25-28(30(33)38)35-37(29(25)26(20)19-21)22-8-10-23(11-9-22)41-18-15-36-13-16-40-17-14-36/h1-5,7-11,19H,6,12-18H2,(H2,33,38)(H,34,39). The normalized spacial score (nSPS) is 14.7. The Kier molecular flexibility index (Phi) is 7.74. The molecule has 0 spiro atoms. The Labute approximate surface area is 242 Å². The van der Waals surface area contributed by atoms with E-state index in [-0.39, 0.29) is 11.6 Å². The van der Waals surface area contributed by atoms with E-state index in [1.54, 1.807) is 28.9 Å². The summed E-state index contributed by atoms with van der Waals surface area (Å²) in [6.07, 6.45) is 1.36. The number of anilines is 1. The van der Waals surface area contributed by atoms with E-state index in [1.807, 2.05) is 42.5 Å². The van der Waals surface area contributed by atoms with Crippen molar-refractivity contribution in [3.05, 3.63) is 94.1 Å². The van der Waals surface area contributed by atoms with Crippen LogP contribution in [0.1, 0.15) is 32.0 Å². The van der Waals surface area contributed by atoms with Crippen molar-refractivity contribution in [3.63, 3.8) is 0 Å². The number of hydrogen-bond donors (Lipinski definition) is 2. The molecule has 2 heterocycles. The third-order valence-corrected chi connectivity index (χ3v) is 7.79. The predicted octanol–water partition coefficient (Wildman–Crippen LogP) is 4.35. The van der Waals surface area contributed by atoms with Crippen molar-refractivity contribution < 1.29 is 19.1 Å². The van der Waals surface area contributed by atoms with Gasteiger partial charge in [-0.2, -0.15) is 5.10 Å². The van der Waals surface area contributed by atoms with E-state index < -0.39 is 5.91 Å². The molecular weight excluding hydrogens is 542 g/mol. The number of nitrogens with zero attached hydrogens (tertiary/aromatic N) is 3. The van der Waals surface area contributed by atoms with Crippen molar-refractivity contribution in [1.82, 2.24) is 14.7 Å². The average molecular weight is 572 g/mol. The van der Waals surface area contributed by atoms with Gasteiger partial charge in [-0.15, -0.1) is 0 Å². The first kappa shape index (κ1) is 27.0. The maximum Gasteiger partial charge on any atom is 0.269 e. The number of amides is 2. The molecule has 0 radical (unpaired) electrons. The van der Waals surface area contributed by atoms with E-state index in [9.17, 15) is 9.59 Å². The molecule has 0 saturated carbocycles. The number of carbonyl (C=O) groups excluding carboxylic acids is 2. The molecule has 3 N–H and O–H groups in total. The van der Waals surface area contributed by atoms with Crippen molar-refractivity contribution in [2.75, 3.05) is 44.8 Å². The highest BCUT2D eigenvalue weighted by Gasteiger charge is 2.28. The summed E-state index contributed by atoms with van der Waals surface area (Å²) in [5.74, 6) is -0.125. The van der Waals surface area contributed by atoms with Crippen molar-refractivity contribution in [2.45, 2.75) is 12.8 Å². The number of aromatic nitrogens is 2. The molecule has 1 aliphatic heterocycles. The zero-order chi connectivity index (χ0) is 28.3. The number of benzene rings is 3. The number of fused-ring (bicyclic) bond motifs is 3. The lowest BCUT2D eigenvalue weighted by Crippen LogP contribution is -2.38.